The van der Waals surface area contributed by atoms with E-state index in [0.717, 1.165) is 22.5 Å². The van der Waals surface area contributed by atoms with Gasteiger partial charge in [0.15, 0.2) is 0 Å². The predicted octanol–water partition coefficient (Wildman–Crippen LogP) is 17.8. The first kappa shape index (κ1) is 38.7. The lowest BCUT2D eigenvalue weighted by Crippen LogP contribution is -1.95. The molecule has 2 heterocycles. The second kappa shape index (κ2) is 15.5. The van der Waals surface area contributed by atoms with E-state index in [-0.39, 0.29) is 0 Å². The van der Waals surface area contributed by atoms with Crippen LogP contribution in [0.1, 0.15) is 12.5 Å². The summed E-state index contributed by atoms with van der Waals surface area (Å²) in [6.45, 7) is 6.10. The Morgan fingerprint density at radius 2 is 0.896 bits per heavy atom. The van der Waals surface area contributed by atoms with Gasteiger partial charge in [-0.3, -0.25) is 0 Å². The number of aromatic nitrogens is 2. The number of rotatable bonds is 8. The van der Waals surface area contributed by atoms with Crippen LogP contribution in [-0.2, 0) is 0 Å². The number of allylic oxidation sites excluding steroid dienone is 5. The zero-order valence-corrected chi connectivity index (χ0v) is 37.1. The minimum absolute atomic E-state index is 1.10. The molecule has 2 nitrogen and oxygen atoms in total. The second-order valence-electron chi connectivity index (χ2n) is 17.6. The topological polar surface area (TPSA) is 9.86 Å². The van der Waals surface area contributed by atoms with Crippen LogP contribution < -0.4 is 0 Å². The fraction of sp³-hybridized carbons (Fsp3) is 0.0154. The summed E-state index contributed by atoms with van der Waals surface area (Å²) in [7, 11) is 0. The molecule has 0 spiro atoms. The molecular formula is C65H44N2. The maximum Gasteiger partial charge on any atom is 0.0553 e. The lowest BCUT2D eigenvalue weighted by Gasteiger charge is -2.12. The third-order valence-electron chi connectivity index (χ3n) is 14.0. The van der Waals surface area contributed by atoms with Gasteiger partial charge in [0.1, 0.15) is 0 Å². The Morgan fingerprint density at radius 1 is 0.373 bits per heavy atom. The molecule has 0 N–H and O–H groups in total. The number of fused-ring (bicyclic) bond motifs is 10. The Bertz CT molecular complexity index is 4040. The maximum absolute atomic E-state index is 4.07. The number of para-hydroxylation sites is 1. The highest BCUT2D eigenvalue weighted by Crippen LogP contribution is 2.51. The first-order valence-corrected chi connectivity index (χ1v) is 23.1. The van der Waals surface area contributed by atoms with Crippen molar-refractivity contribution in [3.63, 3.8) is 0 Å². The van der Waals surface area contributed by atoms with Gasteiger partial charge in [0.25, 0.3) is 0 Å². The summed E-state index contributed by atoms with van der Waals surface area (Å²) in [6, 6.07) is 78.6. The average Bonchev–Trinajstić information content (AvgIpc) is 4.03. The zero-order chi connectivity index (χ0) is 44.6. The largest absolute Gasteiger partial charge is 0.309 e. The highest BCUT2D eigenvalue weighted by molar-refractivity contribution is 6.29. The highest BCUT2D eigenvalue weighted by atomic mass is 15.0. The van der Waals surface area contributed by atoms with Crippen LogP contribution in [-0.4, -0.2) is 9.13 Å². The SMILES string of the molecule is C=C/C(=C\C=C/C)c1ccc(-c2cccc(-n3c4ccc(-c5ccc6c(c5)c5ccccc5n6-c5cccc(-c6ccccc6)c5)cc4c4c5cccc6c5c(cc43)-c3ccccc3-6)c2)cc1. The first-order chi connectivity index (χ1) is 33.1. The smallest absolute Gasteiger partial charge is 0.0553 e. The highest BCUT2D eigenvalue weighted by Gasteiger charge is 2.26. The van der Waals surface area contributed by atoms with Crippen LogP contribution in [0.5, 0.6) is 0 Å². The molecule has 13 rings (SSSR count). The maximum atomic E-state index is 4.07. The molecule has 0 saturated heterocycles. The molecule has 0 radical (unpaired) electrons. The molecule has 0 atom stereocenters. The van der Waals surface area contributed by atoms with Crippen molar-refractivity contribution in [1.82, 2.24) is 9.13 Å². The summed E-state index contributed by atoms with van der Waals surface area (Å²) in [5.41, 5.74) is 21.7. The van der Waals surface area contributed by atoms with E-state index in [1.54, 1.807) is 0 Å². The summed E-state index contributed by atoms with van der Waals surface area (Å²) in [5.74, 6) is 0. The molecule has 2 aromatic heterocycles. The lowest BCUT2D eigenvalue weighted by molar-refractivity contribution is 1.18. The first-order valence-electron chi connectivity index (χ1n) is 23.1. The molecular weight excluding hydrogens is 809 g/mol. The Kier molecular flexibility index (Phi) is 8.94. The van der Waals surface area contributed by atoms with Crippen LogP contribution in [0.4, 0.5) is 0 Å². The van der Waals surface area contributed by atoms with Crippen molar-refractivity contribution in [1.29, 1.82) is 0 Å². The van der Waals surface area contributed by atoms with E-state index in [9.17, 15) is 0 Å². The van der Waals surface area contributed by atoms with Crippen molar-refractivity contribution in [2.75, 3.05) is 0 Å². The molecule has 2 heteroatoms. The van der Waals surface area contributed by atoms with Crippen LogP contribution >= 0.6 is 0 Å². The van der Waals surface area contributed by atoms with E-state index >= 15 is 0 Å². The Labute approximate surface area is 390 Å². The quantitative estimate of drug-likeness (QED) is 0.135. The minimum atomic E-state index is 1.10. The molecule has 12 aromatic rings. The van der Waals surface area contributed by atoms with Gasteiger partial charge in [-0.15, -0.1) is 0 Å². The molecule has 1 aliphatic rings. The summed E-state index contributed by atoms with van der Waals surface area (Å²) in [6.07, 6.45) is 8.13. The van der Waals surface area contributed by atoms with Crippen molar-refractivity contribution >= 4 is 60.0 Å². The van der Waals surface area contributed by atoms with Gasteiger partial charge in [0.2, 0.25) is 0 Å². The summed E-state index contributed by atoms with van der Waals surface area (Å²) < 4.78 is 4.91. The third-order valence-corrected chi connectivity index (χ3v) is 14.0. The molecule has 0 unspecified atom stereocenters. The van der Waals surface area contributed by atoms with E-state index in [0.29, 0.717) is 0 Å². The van der Waals surface area contributed by atoms with E-state index in [1.165, 1.54) is 110 Å². The Balaban J connectivity index is 1.000. The summed E-state index contributed by atoms with van der Waals surface area (Å²) in [4.78, 5) is 0. The molecule has 0 saturated carbocycles. The van der Waals surface area contributed by atoms with Gasteiger partial charge in [-0.25, -0.2) is 0 Å². The van der Waals surface area contributed by atoms with Gasteiger partial charge in [-0.2, -0.15) is 0 Å². The molecule has 0 aliphatic heterocycles. The Hall–Kier alpha value is -8.72. The number of hydrogen-bond acceptors (Lipinski definition) is 0. The van der Waals surface area contributed by atoms with Crippen LogP contribution in [0, 0.1) is 0 Å². The lowest BCUT2D eigenvalue weighted by atomic mass is 9.96. The van der Waals surface area contributed by atoms with Crippen LogP contribution in [0.25, 0.3) is 127 Å². The molecule has 314 valence electrons. The van der Waals surface area contributed by atoms with Crippen LogP contribution in [0.2, 0.25) is 0 Å². The van der Waals surface area contributed by atoms with Gasteiger partial charge in [-0.1, -0.05) is 183 Å². The molecule has 0 fully saturated rings. The molecule has 0 bridgehead atoms. The third kappa shape index (κ3) is 6.11. The van der Waals surface area contributed by atoms with E-state index in [2.05, 4.69) is 240 Å². The molecule has 10 aromatic carbocycles. The average molecular weight is 853 g/mol. The molecule has 67 heavy (non-hydrogen) atoms. The summed E-state index contributed by atoms with van der Waals surface area (Å²) in [5, 5.41) is 7.62. The molecule has 0 amide bonds. The van der Waals surface area contributed by atoms with Crippen molar-refractivity contribution in [3.05, 3.63) is 249 Å². The van der Waals surface area contributed by atoms with Gasteiger partial charge < -0.3 is 9.13 Å². The normalized spacial score (nSPS) is 12.3. The Morgan fingerprint density at radius 3 is 1.61 bits per heavy atom. The van der Waals surface area contributed by atoms with Gasteiger partial charge in [-0.05, 0) is 145 Å². The van der Waals surface area contributed by atoms with Gasteiger partial charge in [0.05, 0.1) is 22.1 Å². The fourth-order valence-corrected chi connectivity index (χ4v) is 10.9. The van der Waals surface area contributed by atoms with Crippen LogP contribution in [0.15, 0.2) is 243 Å². The summed E-state index contributed by atoms with van der Waals surface area (Å²) >= 11 is 0. The van der Waals surface area contributed by atoms with Gasteiger partial charge in [0, 0.05) is 32.9 Å². The van der Waals surface area contributed by atoms with Crippen molar-refractivity contribution in [3.8, 4) is 67.0 Å². The number of benzene rings is 10. The van der Waals surface area contributed by atoms with E-state index < -0.39 is 0 Å². The van der Waals surface area contributed by atoms with Gasteiger partial charge >= 0.3 is 0 Å². The van der Waals surface area contributed by atoms with E-state index in [1.807, 2.05) is 19.1 Å². The zero-order valence-electron chi connectivity index (χ0n) is 37.1. The number of hydrogen-bond donors (Lipinski definition) is 0. The molecule has 1 aliphatic carbocycles. The number of nitrogens with zero attached hydrogens (tertiary/aromatic N) is 2. The second-order valence-corrected chi connectivity index (χ2v) is 17.6. The predicted molar refractivity (Wildman–Crippen MR) is 286 cm³/mol. The van der Waals surface area contributed by atoms with Crippen molar-refractivity contribution < 1.29 is 0 Å². The minimum Gasteiger partial charge on any atom is -0.309 e. The fourth-order valence-electron chi connectivity index (χ4n) is 10.9. The van der Waals surface area contributed by atoms with Crippen molar-refractivity contribution in [2.45, 2.75) is 6.92 Å². The standard InChI is InChI=1S/C65H44N2/c1-3-5-16-42(4-2)44-29-31-45(32-30-44)47-20-14-22-51(38-47)67-62-36-34-49(40-59(62)65-56-27-15-26-55-52-23-9-10-24-53(52)58(64(55)56)41-63(65)67)48-33-35-61-57(39-48)54-25-11-12-28-60(54)66(61)50-21-13-19-46(37-50)43-17-7-6-8-18-43/h3-41H,2H2,1H3/b5-3-,42-16+. The monoisotopic (exact) mass is 852 g/mol. The van der Waals surface area contributed by atoms with Crippen molar-refractivity contribution in [2.24, 2.45) is 0 Å². The van der Waals surface area contributed by atoms with E-state index in [4.69, 9.17) is 0 Å². The van der Waals surface area contributed by atoms with Crippen LogP contribution in [0.3, 0.4) is 0 Å².